The van der Waals surface area contributed by atoms with Crippen molar-refractivity contribution < 1.29 is 38.5 Å². The number of carbonyl (C=O) groups is 4. The average Bonchev–Trinajstić information content (AvgIpc) is 3.42. The number of carbonyl (C=O) groups excluding carboxylic acids is 4. The number of H-pyrrole nitrogens is 1. The molecule has 44 heavy (non-hydrogen) atoms. The summed E-state index contributed by atoms with van der Waals surface area (Å²) < 4.78 is 16.2. The molecule has 0 aliphatic carbocycles. The minimum Gasteiger partial charge on any atom is -0.507 e. The van der Waals surface area contributed by atoms with E-state index in [1.807, 2.05) is 0 Å². The van der Waals surface area contributed by atoms with E-state index in [-0.39, 0.29) is 41.5 Å². The van der Waals surface area contributed by atoms with Gasteiger partial charge in [-0.05, 0) is 67.8 Å². The van der Waals surface area contributed by atoms with Crippen molar-refractivity contribution in [1.82, 2.24) is 15.2 Å². The Bertz CT molecular complexity index is 1690. The zero-order valence-corrected chi connectivity index (χ0v) is 24.5. The van der Waals surface area contributed by atoms with Gasteiger partial charge in [-0.15, -0.1) is 0 Å². The third-order valence-corrected chi connectivity index (χ3v) is 7.88. The minimum atomic E-state index is -1.79. The molecule has 3 heterocycles. The molecule has 230 valence electrons. The van der Waals surface area contributed by atoms with E-state index in [4.69, 9.17) is 19.9 Å². The summed E-state index contributed by atoms with van der Waals surface area (Å²) in [6.45, 7) is 1.14. The number of benzene rings is 2. The number of para-hydroxylation sites is 1. The Morgan fingerprint density at radius 2 is 1.89 bits per heavy atom. The lowest BCUT2D eigenvalue weighted by atomic mass is 9.75. The zero-order chi connectivity index (χ0) is 31.4. The average molecular weight is 603 g/mol. The lowest BCUT2D eigenvalue weighted by molar-refractivity contribution is -0.156. The number of aromatic nitrogens is 1. The number of ether oxygens (including phenoxy) is 3. The molecule has 0 saturated heterocycles. The second kappa shape index (κ2) is 12.6. The van der Waals surface area contributed by atoms with Gasteiger partial charge < -0.3 is 40.3 Å². The largest absolute Gasteiger partial charge is 0.507 e. The first kappa shape index (κ1) is 30.4. The van der Waals surface area contributed by atoms with Gasteiger partial charge >= 0.3 is 11.9 Å². The van der Waals surface area contributed by atoms with E-state index in [1.165, 1.54) is 38.6 Å². The molecule has 0 radical (unpaired) electrons. The van der Waals surface area contributed by atoms with Crippen LogP contribution >= 0.6 is 0 Å². The van der Waals surface area contributed by atoms with Crippen molar-refractivity contribution in [2.24, 2.45) is 5.73 Å². The topological polar surface area (TPSA) is 173 Å². The molecule has 0 bridgehead atoms. The highest BCUT2D eigenvalue weighted by Gasteiger charge is 2.58. The van der Waals surface area contributed by atoms with Crippen LogP contribution in [0.1, 0.15) is 34.5 Å². The number of Topliss-reactive ketones (excluding diaryl/α,β-unsaturated/α-hetero) is 1. The number of phenolic OH excluding ortho intramolecular Hbond substituents is 1. The quantitative estimate of drug-likeness (QED) is 0.145. The second-order valence-corrected chi connectivity index (χ2v) is 10.4. The summed E-state index contributed by atoms with van der Waals surface area (Å²) in [5.41, 5.74) is 5.52. The third-order valence-electron chi connectivity index (χ3n) is 7.88. The summed E-state index contributed by atoms with van der Waals surface area (Å²) in [4.78, 5) is 57.8. The molecule has 1 atom stereocenters. The Kier molecular flexibility index (Phi) is 8.72. The molecule has 12 heteroatoms. The Hall–Kier alpha value is -5.10. The standard InChI is InChI=1S/C32H34N4O8/c1-42-30(40)24-15-19(28(39)22-7-3-4-8-26(22)37)17-36-14-11-21-23-16-20(44-18-27(38)34-13-6-5-12-33)9-10-25(23)35-29(21)32(24,36)31(41)43-2/h3-4,7-10,15-17,35,37H,5-6,11-14,18,33H2,1-2H3,(H,34,38)/t32-/m0/s1. The molecule has 1 aromatic heterocycles. The lowest BCUT2D eigenvalue weighted by Crippen LogP contribution is -2.58. The third kappa shape index (κ3) is 5.28. The van der Waals surface area contributed by atoms with Gasteiger partial charge in [0.1, 0.15) is 11.5 Å². The normalized spacial score (nSPS) is 17.1. The number of nitrogens with two attached hydrogens (primary N) is 1. The number of hydrogen-bond donors (Lipinski definition) is 4. The van der Waals surface area contributed by atoms with Gasteiger partial charge in [-0.25, -0.2) is 9.59 Å². The maximum Gasteiger partial charge on any atom is 0.343 e. The number of aromatic hydroxyl groups is 1. The van der Waals surface area contributed by atoms with Crippen LogP contribution < -0.4 is 15.8 Å². The van der Waals surface area contributed by atoms with Crippen molar-refractivity contribution >= 4 is 34.5 Å². The molecule has 0 fully saturated rings. The van der Waals surface area contributed by atoms with E-state index < -0.39 is 23.3 Å². The number of rotatable bonds is 11. The van der Waals surface area contributed by atoms with Crippen LogP contribution in [0.5, 0.6) is 11.5 Å². The number of fused-ring (bicyclic) bond motifs is 5. The van der Waals surface area contributed by atoms with Crippen molar-refractivity contribution in [2.45, 2.75) is 24.8 Å². The fraction of sp³-hybridized carbons (Fsp3) is 0.312. The first-order chi connectivity index (χ1) is 21.3. The predicted molar refractivity (Wildman–Crippen MR) is 160 cm³/mol. The van der Waals surface area contributed by atoms with Gasteiger partial charge in [0, 0.05) is 35.8 Å². The predicted octanol–water partition coefficient (Wildman–Crippen LogP) is 2.21. The highest BCUT2D eigenvalue weighted by molar-refractivity contribution is 6.14. The van der Waals surface area contributed by atoms with Crippen LogP contribution in [0.25, 0.3) is 10.9 Å². The first-order valence-electron chi connectivity index (χ1n) is 14.2. The SMILES string of the molecule is COC(=O)C1=CC(C(=O)c2ccccc2O)=CN2CCc3c([nH]c4ccc(OCC(=O)NCCCCN)cc34)[C@]12C(=O)OC. The Morgan fingerprint density at radius 1 is 1.09 bits per heavy atom. The number of ketones is 1. The summed E-state index contributed by atoms with van der Waals surface area (Å²) in [6, 6.07) is 11.3. The van der Waals surface area contributed by atoms with Crippen LogP contribution in [0.3, 0.4) is 0 Å². The van der Waals surface area contributed by atoms with Gasteiger partial charge in [-0.1, -0.05) is 12.1 Å². The molecule has 5 N–H and O–H groups in total. The number of nitrogens with one attached hydrogen (secondary N) is 2. The fourth-order valence-corrected chi connectivity index (χ4v) is 5.78. The van der Waals surface area contributed by atoms with Crippen molar-refractivity contribution in [2.75, 3.05) is 40.5 Å². The Labute approximate surface area is 253 Å². The zero-order valence-electron chi connectivity index (χ0n) is 24.5. The van der Waals surface area contributed by atoms with Crippen molar-refractivity contribution in [3.8, 4) is 11.5 Å². The molecule has 1 amide bonds. The number of esters is 2. The molecule has 2 aromatic carbocycles. The van der Waals surface area contributed by atoms with Crippen LogP contribution in [0.4, 0.5) is 0 Å². The van der Waals surface area contributed by atoms with E-state index in [9.17, 15) is 24.3 Å². The summed E-state index contributed by atoms with van der Waals surface area (Å²) in [6.07, 6.45) is 4.85. The molecule has 12 nitrogen and oxygen atoms in total. The monoisotopic (exact) mass is 602 g/mol. The number of methoxy groups -OCH3 is 2. The molecule has 2 aliphatic rings. The van der Waals surface area contributed by atoms with Gasteiger partial charge in [0.05, 0.1) is 31.1 Å². The van der Waals surface area contributed by atoms with E-state index in [1.54, 1.807) is 35.2 Å². The van der Waals surface area contributed by atoms with Crippen LogP contribution in [-0.2, 0) is 35.8 Å². The minimum absolute atomic E-state index is 0.0462. The Balaban J connectivity index is 1.55. The summed E-state index contributed by atoms with van der Waals surface area (Å²) in [5, 5.41) is 13.9. The highest BCUT2D eigenvalue weighted by atomic mass is 16.5. The summed E-state index contributed by atoms with van der Waals surface area (Å²) in [7, 11) is 2.41. The smallest absolute Gasteiger partial charge is 0.343 e. The molecular weight excluding hydrogens is 568 g/mol. The fourth-order valence-electron chi connectivity index (χ4n) is 5.78. The molecule has 3 aromatic rings. The number of amides is 1. The summed E-state index contributed by atoms with van der Waals surface area (Å²) in [5.74, 6) is -2.13. The second-order valence-electron chi connectivity index (χ2n) is 10.4. The molecule has 0 spiro atoms. The van der Waals surface area contributed by atoms with Crippen molar-refractivity contribution in [3.05, 3.63) is 82.7 Å². The first-order valence-corrected chi connectivity index (χ1v) is 14.2. The number of unbranched alkanes of at least 4 members (excludes halogenated alkanes) is 1. The molecule has 0 unspecified atom stereocenters. The van der Waals surface area contributed by atoms with E-state index in [0.717, 1.165) is 23.8 Å². The van der Waals surface area contributed by atoms with Gasteiger partial charge in [0.15, 0.2) is 12.4 Å². The number of phenols is 1. The van der Waals surface area contributed by atoms with Crippen LogP contribution in [0, 0.1) is 0 Å². The maximum absolute atomic E-state index is 13.8. The highest BCUT2D eigenvalue weighted by Crippen LogP contribution is 2.48. The van der Waals surface area contributed by atoms with Crippen LogP contribution in [0.2, 0.25) is 0 Å². The number of aromatic amines is 1. The lowest BCUT2D eigenvalue weighted by Gasteiger charge is -2.46. The molecule has 0 saturated carbocycles. The van der Waals surface area contributed by atoms with Gasteiger partial charge in [0.2, 0.25) is 5.54 Å². The van der Waals surface area contributed by atoms with Crippen molar-refractivity contribution in [3.63, 3.8) is 0 Å². The maximum atomic E-state index is 13.8. The van der Waals surface area contributed by atoms with Gasteiger partial charge in [0.25, 0.3) is 5.91 Å². The van der Waals surface area contributed by atoms with Crippen LogP contribution in [-0.4, -0.2) is 79.1 Å². The van der Waals surface area contributed by atoms with Crippen LogP contribution in [0.15, 0.2) is 65.9 Å². The molecule has 5 rings (SSSR count). The summed E-state index contributed by atoms with van der Waals surface area (Å²) >= 11 is 0. The Morgan fingerprint density at radius 3 is 2.61 bits per heavy atom. The number of nitrogens with zero attached hydrogens (tertiary/aromatic N) is 1. The number of hydrogen-bond acceptors (Lipinski definition) is 10. The van der Waals surface area contributed by atoms with E-state index in [0.29, 0.717) is 36.5 Å². The van der Waals surface area contributed by atoms with Gasteiger partial charge in [-0.2, -0.15) is 0 Å². The van der Waals surface area contributed by atoms with E-state index >= 15 is 0 Å². The van der Waals surface area contributed by atoms with Crippen molar-refractivity contribution in [1.29, 1.82) is 0 Å². The number of allylic oxidation sites excluding steroid dienone is 2. The van der Waals surface area contributed by atoms with Gasteiger partial charge in [-0.3, -0.25) is 9.59 Å². The molecular formula is C32H34N4O8. The molecule has 2 aliphatic heterocycles. The van der Waals surface area contributed by atoms with E-state index in [2.05, 4.69) is 10.3 Å².